The van der Waals surface area contributed by atoms with E-state index in [0.717, 1.165) is 38.5 Å². The van der Waals surface area contributed by atoms with Gasteiger partial charge in [0.1, 0.15) is 17.1 Å². The molecule has 1 aromatic rings. The van der Waals surface area contributed by atoms with E-state index < -0.39 is 17.6 Å². The Bertz CT molecular complexity index is 883. The Morgan fingerprint density at radius 3 is 2.00 bits per heavy atom. The van der Waals surface area contributed by atoms with E-state index in [2.05, 4.69) is 17.6 Å². The number of hydrogen-bond acceptors (Lipinski definition) is 7. The van der Waals surface area contributed by atoms with Gasteiger partial charge < -0.3 is 35.5 Å². The van der Waals surface area contributed by atoms with Gasteiger partial charge in [-0.25, -0.2) is 4.79 Å². The number of amides is 3. The Balaban J connectivity index is 2.82. The Morgan fingerprint density at radius 2 is 1.45 bits per heavy atom. The molecule has 0 unspecified atom stereocenters. The number of carbonyl (C=O) groups is 3. The van der Waals surface area contributed by atoms with E-state index in [9.17, 15) is 14.4 Å². The summed E-state index contributed by atoms with van der Waals surface area (Å²) in [5.41, 5.74) is 5.47. The zero-order valence-corrected chi connectivity index (χ0v) is 24.1. The number of nitrogens with zero attached hydrogens (tertiary/aromatic N) is 1. The van der Waals surface area contributed by atoms with Crippen LogP contribution in [0.15, 0.2) is 12.1 Å². The third kappa shape index (κ3) is 14.1. The van der Waals surface area contributed by atoms with Gasteiger partial charge in [-0.1, -0.05) is 26.2 Å². The SMILES string of the molecule is CCCCCCOc1cc(OCCCCCNC(=O)OC(C)(C)C)c(C(=O)NCCN(C)C)cc1C(N)=O. The van der Waals surface area contributed by atoms with E-state index in [1.54, 1.807) is 6.07 Å². The fraction of sp³-hybridized carbons (Fsp3) is 0.679. The van der Waals surface area contributed by atoms with Gasteiger partial charge in [0.05, 0.1) is 24.3 Å². The molecule has 216 valence electrons. The van der Waals surface area contributed by atoms with Gasteiger partial charge in [-0.3, -0.25) is 9.59 Å². The first kappa shape index (κ1) is 33.0. The normalized spacial score (nSPS) is 11.2. The summed E-state index contributed by atoms with van der Waals surface area (Å²) in [5.74, 6) is -0.358. The molecular formula is C28H48N4O6. The van der Waals surface area contributed by atoms with E-state index in [-0.39, 0.29) is 17.0 Å². The molecule has 4 N–H and O–H groups in total. The summed E-state index contributed by atoms with van der Waals surface area (Å²) in [6.45, 7) is 10.00. The van der Waals surface area contributed by atoms with Crippen LogP contribution in [0.4, 0.5) is 4.79 Å². The molecule has 0 radical (unpaired) electrons. The minimum atomic E-state index is -0.667. The van der Waals surface area contributed by atoms with E-state index in [1.807, 2.05) is 39.8 Å². The average Bonchev–Trinajstić information content (AvgIpc) is 2.81. The summed E-state index contributed by atoms with van der Waals surface area (Å²) in [7, 11) is 3.84. The van der Waals surface area contributed by atoms with Crippen LogP contribution in [0.5, 0.6) is 11.5 Å². The van der Waals surface area contributed by atoms with Crippen molar-refractivity contribution < 1.29 is 28.6 Å². The summed E-state index contributed by atoms with van der Waals surface area (Å²) >= 11 is 0. The Hall–Kier alpha value is -3.01. The molecule has 0 aromatic heterocycles. The number of benzene rings is 1. The summed E-state index contributed by atoms with van der Waals surface area (Å²) < 4.78 is 17.1. The number of primary amides is 1. The van der Waals surface area contributed by atoms with Gasteiger partial charge in [0, 0.05) is 25.7 Å². The topological polar surface area (TPSA) is 132 Å². The fourth-order valence-corrected chi connectivity index (χ4v) is 3.46. The number of unbranched alkanes of at least 4 members (excludes halogenated alkanes) is 5. The maximum Gasteiger partial charge on any atom is 0.407 e. The number of ether oxygens (including phenoxy) is 3. The average molecular weight is 537 g/mol. The van der Waals surface area contributed by atoms with Crippen LogP contribution < -0.4 is 25.8 Å². The van der Waals surface area contributed by atoms with Crippen molar-refractivity contribution >= 4 is 17.9 Å². The quantitative estimate of drug-likeness (QED) is 0.241. The molecule has 1 rings (SSSR count). The number of carbonyl (C=O) groups excluding carboxylic acids is 3. The molecule has 0 spiro atoms. The largest absolute Gasteiger partial charge is 0.493 e. The molecule has 0 saturated carbocycles. The second kappa shape index (κ2) is 17.5. The Labute approximate surface area is 227 Å². The molecule has 0 aliphatic carbocycles. The number of nitrogens with two attached hydrogens (primary N) is 1. The molecule has 0 atom stereocenters. The monoisotopic (exact) mass is 536 g/mol. The van der Waals surface area contributed by atoms with E-state index in [4.69, 9.17) is 19.9 Å². The first-order chi connectivity index (χ1) is 17.9. The van der Waals surface area contributed by atoms with Gasteiger partial charge >= 0.3 is 6.09 Å². The lowest BCUT2D eigenvalue weighted by atomic mass is 10.1. The highest BCUT2D eigenvalue weighted by Crippen LogP contribution is 2.30. The molecule has 0 aliphatic heterocycles. The third-order valence-electron chi connectivity index (χ3n) is 5.44. The van der Waals surface area contributed by atoms with Crippen LogP contribution in [-0.4, -0.2) is 75.4 Å². The standard InChI is InChI=1S/C28H48N4O6/c1-7-8-9-12-17-36-23-20-24(37-18-13-10-11-14-31-27(35)38-28(2,3)4)22(19-21(23)25(29)33)26(34)30-15-16-32(5)6/h19-20H,7-18H2,1-6H3,(H2,29,33)(H,30,34)(H,31,35). The molecule has 0 saturated heterocycles. The lowest BCUT2D eigenvalue weighted by Crippen LogP contribution is -2.33. The van der Waals surface area contributed by atoms with Gasteiger partial charge in [-0.2, -0.15) is 0 Å². The van der Waals surface area contributed by atoms with Crippen molar-refractivity contribution in [1.29, 1.82) is 0 Å². The summed E-state index contributed by atoms with van der Waals surface area (Å²) in [4.78, 5) is 38.8. The minimum absolute atomic E-state index is 0.152. The number of nitrogens with one attached hydrogen (secondary N) is 2. The zero-order valence-electron chi connectivity index (χ0n) is 24.1. The van der Waals surface area contributed by atoms with Crippen LogP contribution in [0.25, 0.3) is 0 Å². The molecule has 3 amide bonds. The van der Waals surface area contributed by atoms with E-state index >= 15 is 0 Å². The number of alkyl carbamates (subject to hydrolysis) is 1. The van der Waals surface area contributed by atoms with Crippen LogP contribution in [0.2, 0.25) is 0 Å². The minimum Gasteiger partial charge on any atom is -0.493 e. The third-order valence-corrected chi connectivity index (χ3v) is 5.44. The first-order valence-corrected chi connectivity index (χ1v) is 13.6. The highest BCUT2D eigenvalue weighted by Gasteiger charge is 2.21. The van der Waals surface area contributed by atoms with Crippen molar-refractivity contribution in [3.63, 3.8) is 0 Å². The molecule has 0 fully saturated rings. The zero-order chi connectivity index (χ0) is 28.6. The van der Waals surface area contributed by atoms with Crippen molar-refractivity contribution in [2.24, 2.45) is 5.73 Å². The lowest BCUT2D eigenvalue weighted by molar-refractivity contribution is 0.0526. The molecule has 0 heterocycles. The van der Waals surface area contributed by atoms with Gasteiger partial charge in [-0.05, 0) is 66.6 Å². The molecule has 1 aromatic carbocycles. The number of hydrogen-bond donors (Lipinski definition) is 3. The predicted molar refractivity (Wildman–Crippen MR) is 149 cm³/mol. The van der Waals surface area contributed by atoms with Gasteiger partial charge in [-0.15, -0.1) is 0 Å². The second-order valence-corrected chi connectivity index (χ2v) is 10.5. The molecule has 0 bridgehead atoms. The smallest absolute Gasteiger partial charge is 0.407 e. The summed E-state index contributed by atoms with van der Waals surface area (Å²) in [6, 6.07) is 3.04. The Kier molecular flexibility index (Phi) is 15.2. The molecule has 10 nitrogen and oxygen atoms in total. The molecule has 10 heteroatoms. The van der Waals surface area contributed by atoms with Crippen LogP contribution in [0.3, 0.4) is 0 Å². The van der Waals surface area contributed by atoms with Crippen molar-refractivity contribution in [2.45, 2.75) is 78.2 Å². The maximum absolute atomic E-state index is 12.9. The van der Waals surface area contributed by atoms with Gasteiger partial charge in [0.15, 0.2) is 0 Å². The van der Waals surface area contributed by atoms with Crippen molar-refractivity contribution in [3.8, 4) is 11.5 Å². The van der Waals surface area contributed by atoms with Crippen molar-refractivity contribution in [2.75, 3.05) is 46.9 Å². The molecule has 38 heavy (non-hydrogen) atoms. The van der Waals surface area contributed by atoms with E-state index in [1.165, 1.54) is 6.07 Å². The fourth-order valence-electron chi connectivity index (χ4n) is 3.46. The molecule has 0 aliphatic rings. The lowest BCUT2D eigenvalue weighted by Gasteiger charge is -2.19. The van der Waals surface area contributed by atoms with Crippen LogP contribution in [0.1, 0.15) is 93.4 Å². The second-order valence-electron chi connectivity index (χ2n) is 10.5. The maximum atomic E-state index is 12.9. The first-order valence-electron chi connectivity index (χ1n) is 13.6. The van der Waals surface area contributed by atoms with Crippen molar-refractivity contribution in [3.05, 3.63) is 23.3 Å². The Morgan fingerprint density at radius 1 is 0.842 bits per heavy atom. The summed E-state index contributed by atoms with van der Waals surface area (Å²) in [5, 5.41) is 5.60. The molecular weight excluding hydrogens is 488 g/mol. The summed E-state index contributed by atoms with van der Waals surface area (Å²) in [6.07, 6.45) is 5.94. The van der Waals surface area contributed by atoms with Crippen LogP contribution >= 0.6 is 0 Å². The number of likely N-dealkylation sites (N-methyl/N-ethyl adjacent to an activating group) is 1. The van der Waals surface area contributed by atoms with E-state index in [0.29, 0.717) is 50.8 Å². The highest BCUT2D eigenvalue weighted by atomic mass is 16.6. The van der Waals surface area contributed by atoms with Crippen LogP contribution in [-0.2, 0) is 4.74 Å². The van der Waals surface area contributed by atoms with Crippen LogP contribution in [0, 0.1) is 0 Å². The van der Waals surface area contributed by atoms with Gasteiger partial charge in [0.2, 0.25) is 0 Å². The van der Waals surface area contributed by atoms with Crippen molar-refractivity contribution in [1.82, 2.24) is 15.5 Å². The highest BCUT2D eigenvalue weighted by molar-refractivity contribution is 6.02. The number of rotatable bonds is 18. The predicted octanol–water partition coefficient (Wildman–Crippen LogP) is 4.11. The van der Waals surface area contributed by atoms with Gasteiger partial charge in [0.25, 0.3) is 11.8 Å².